The van der Waals surface area contributed by atoms with E-state index in [-0.39, 0.29) is 21.1 Å². The molecule has 0 aliphatic rings. The number of thiol groups is 2. The van der Waals surface area contributed by atoms with Gasteiger partial charge in [-0.3, -0.25) is 0 Å². The molecule has 0 radical (unpaired) electrons. The molecule has 0 rings (SSSR count). The van der Waals surface area contributed by atoms with Gasteiger partial charge in [-0.15, -0.1) is 0 Å². The van der Waals surface area contributed by atoms with E-state index in [1.54, 1.807) is 21.7 Å². The second-order valence-electron chi connectivity index (χ2n) is 25.8. The number of carboxylic acids is 2. The summed E-state index contributed by atoms with van der Waals surface area (Å²) in [6, 6.07) is 0. The summed E-state index contributed by atoms with van der Waals surface area (Å²) >= 11 is 9.09. The molecule has 2 atom stereocenters. The van der Waals surface area contributed by atoms with Gasteiger partial charge in [0.15, 0.2) is 0 Å². The molecule has 81 heavy (non-hydrogen) atoms. The summed E-state index contributed by atoms with van der Waals surface area (Å²) in [4.78, 5) is 23.2. The van der Waals surface area contributed by atoms with E-state index in [0.29, 0.717) is 25.7 Å². The molecule has 0 fully saturated rings. The van der Waals surface area contributed by atoms with Crippen LogP contribution in [0.1, 0.15) is 440 Å². The average Bonchev–Trinajstić information content (AvgIpc) is 3.46. The van der Waals surface area contributed by atoms with Crippen molar-refractivity contribution in [2.45, 2.75) is 458 Å². The van der Waals surface area contributed by atoms with Crippen molar-refractivity contribution in [3.05, 3.63) is 0 Å². The summed E-state index contributed by atoms with van der Waals surface area (Å²) in [6.07, 6.45) is 80.5. The first kappa shape index (κ1) is 85.6. The molecule has 0 saturated heterocycles. The Morgan fingerprint density at radius 2 is 0.358 bits per heavy atom. The van der Waals surface area contributed by atoms with Gasteiger partial charge in [0.25, 0.3) is 0 Å². The minimum absolute atomic E-state index is 0.0377. The van der Waals surface area contributed by atoms with Gasteiger partial charge in [-0.05, 0) is 25.7 Å². The molecule has 0 saturated carbocycles. The Bertz CT molecular complexity index is 1100. The topological polar surface area (TPSA) is 80.3 Å². The number of hydrogen-bond acceptors (Lipinski definition) is 6. The van der Waals surface area contributed by atoms with E-state index in [1.165, 1.54) is 308 Å². The van der Waals surface area contributed by atoms with Crippen LogP contribution in [-0.4, -0.2) is 42.6 Å². The fraction of sp³-hybridized carbons (Fsp3) is 0.973. The third-order valence-corrected chi connectivity index (χ3v) is 22.7. The molecule has 0 aliphatic carbocycles. The Hall–Kier alpha value is 0.439. The van der Waals surface area contributed by atoms with Gasteiger partial charge in [0.2, 0.25) is 0 Å². The summed E-state index contributed by atoms with van der Waals surface area (Å²) in [5.41, 5.74) is 0. The number of aliphatic carboxylic acids is 2. The van der Waals surface area contributed by atoms with E-state index in [9.17, 15) is 19.8 Å². The van der Waals surface area contributed by atoms with E-state index >= 15 is 0 Å². The Kier molecular flexibility index (Phi) is 77.1. The van der Waals surface area contributed by atoms with Crippen molar-refractivity contribution < 1.29 is 19.8 Å². The summed E-state index contributed by atoms with van der Waals surface area (Å²) in [7, 11) is 0. The summed E-state index contributed by atoms with van der Waals surface area (Å²) in [5.74, 6) is -1.93. The van der Waals surface area contributed by atoms with E-state index in [4.69, 9.17) is 0 Å². The Morgan fingerprint density at radius 3 is 0.494 bits per heavy atom. The maximum atomic E-state index is 11.6. The molecule has 484 valence electrons. The van der Waals surface area contributed by atoms with Crippen molar-refractivity contribution in [2.24, 2.45) is 0 Å². The minimum atomic E-state index is -0.966. The fourth-order valence-electron chi connectivity index (χ4n) is 11.5. The van der Waals surface area contributed by atoms with Gasteiger partial charge < -0.3 is 19.8 Å². The first-order valence-electron chi connectivity index (χ1n) is 37.1. The van der Waals surface area contributed by atoms with Crippen LogP contribution in [0.5, 0.6) is 0 Å². The second-order valence-corrected chi connectivity index (χ2v) is 31.8. The molecule has 0 bridgehead atoms. The quantitative estimate of drug-likeness (QED) is 0.0361. The van der Waals surface area contributed by atoms with Crippen molar-refractivity contribution in [2.75, 3.05) is 0 Å². The molecule has 0 aromatic carbocycles. The standard InChI is InChI=1S/2C25H50O2S.2C12H25.Sn/c2*1-3-5-7-9-11-13-15-17-19-21-23-25(28,24(26)27)22-20-18-16-14-12-10-8-6-4-2;2*1-3-5-7-9-11-12-10-8-6-4-2;/h2*28H,3-23H2,1-2H3,(H,26,27);2*1,3-12H2,2H3;/q;;;;+2/p-2. The summed E-state index contributed by atoms with van der Waals surface area (Å²) < 4.78 is 1.50. The van der Waals surface area contributed by atoms with Crippen LogP contribution in [0.2, 0.25) is 8.87 Å². The molecule has 0 aromatic rings. The Labute approximate surface area is 532 Å². The fourth-order valence-corrected chi connectivity index (χ4v) is 15.7. The van der Waals surface area contributed by atoms with Gasteiger partial charge in [0, 0.05) is 0 Å². The molecule has 0 amide bonds. The summed E-state index contributed by atoms with van der Waals surface area (Å²) in [6.45, 7) is 13.6. The van der Waals surface area contributed by atoms with Crippen LogP contribution in [0.4, 0.5) is 0 Å². The van der Waals surface area contributed by atoms with Gasteiger partial charge in [-0.2, -0.15) is 25.3 Å². The Balaban J connectivity index is -0.00000113. The number of rotatable bonds is 66. The van der Waals surface area contributed by atoms with Gasteiger partial charge in [-0.25, -0.2) is 0 Å². The third kappa shape index (κ3) is 69.4. The van der Waals surface area contributed by atoms with Crippen LogP contribution < -0.4 is 10.2 Å². The zero-order chi connectivity index (χ0) is 60.1. The Morgan fingerprint density at radius 1 is 0.235 bits per heavy atom. The van der Waals surface area contributed by atoms with E-state index in [2.05, 4.69) is 66.8 Å². The maximum absolute atomic E-state index is 11.6. The molecule has 0 aromatic heterocycles. The van der Waals surface area contributed by atoms with Crippen LogP contribution in [0, 0.1) is 0 Å². The number of carboxylic acid groups (broad SMARTS) is 2. The third-order valence-electron chi connectivity index (χ3n) is 17.4. The second kappa shape index (κ2) is 72.9. The zero-order valence-corrected chi connectivity index (χ0v) is 60.9. The summed E-state index contributed by atoms with van der Waals surface area (Å²) in [5, 5.41) is 23.2. The number of unbranched alkanes of at least 4 members (excludes halogenated alkanes) is 52. The van der Waals surface area contributed by atoms with Crippen molar-refractivity contribution >= 4 is 58.3 Å². The number of hydrogen-bond donors (Lipinski definition) is 2. The molecule has 4 nitrogen and oxygen atoms in total. The molecule has 2 unspecified atom stereocenters. The molecule has 0 heterocycles. The van der Waals surface area contributed by atoms with Gasteiger partial charge >= 0.3 is 172 Å². The SMILES string of the molecule is CCCCCCCCCCCCC(S)(CCCCCCCCCCC)C(=O)[O-].CCCCCCCCCCCCC(S)(CCCCCCCCCCC)C(=O)[O-].CCCCCCCCCCC[CH2][Sn+2][CH2]CCCCCCCCCCC. The molecule has 0 spiro atoms. The average molecular weight is 1280 g/mol. The monoisotopic (exact) mass is 1280 g/mol. The van der Waals surface area contributed by atoms with Gasteiger partial charge in [0.1, 0.15) is 0 Å². The van der Waals surface area contributed by atoms with Crippen molar-refractivity contribution in [3.63, 3.8) is 0 Å². The molecule has 0 aliphatic heterocycles. The predicted octanol–water partition coefficient (Wildman–Crippen LogP) is 24.6. The van der Waals surface area contributed by atoms with E-state index < -0.39 is 21.4 Å². The van der Waals surface area contributed by atoms with Crippen LogP contribution in [-0.2, 0) is 9.59 Å². The van der Waals surface area contributed by atoms with Crippen molar-refractivity contribution in [3.8, 4) is 0 Å². The molecule has 0 N–H and O–H groups in total. The van der Waals surface area contributed by atoms with Crippen LogP contribution in [0.3, 0.4) is 0 Å². The number of carbonyl (C=O) groups excluding carboxylic acids is 2. The first-order chi connectivity index (χ1) is 39.5. The predicted molar refractivity (Wildman–Crippen MR) is 369 cm³/mol. The number of carbonyl (C=O) groups is 2. The van der Waals surface area contributed by atoms with Gasteiger partial charge in [0.05, 0.1) is 21.4 Å². The molecular formula is C74H148O4S2Sn. The van der Waals surface area contributed by atoms with Gasteiger partial charge in [-0.1, -0.05) is 272 Å². The van der Waals surface area contributed by atoms with Crippen LogP contribution >= 0.6 is 25.3 Å². The van der Waals surface area contributed by atoms with Crippen LogP contribution in [0.15, 0.2) is 0 Å². The van der Waals surface area contributed by atoms with E-state index in [0.717, 1.165) is 51.4 Å². The van der Waals surface area contributed by atoms with E-state index in [1.807, 2.05) is 0 Å². The van der Waals surface area contributed by atoms with Crippen LogP contribution in [0.25, 0.3) is 0 Å². The molecular weight excluding hydrogens is 1140 g/mol. The normalized spacial score (nSPS) is 12.7. The molecule has 7 heteroatoms. The first-order valence-corrected chi connectivity index (χ1v) is 42.1. The van der Waals surface area contributed by atoms with Crippen molar-refractivity contribution in [1.82, 2.24) is 0 Å². The van der Waals surface area contributed by atoms with Crippen molar-refractivity contribution in [1.29, 1.82) is 0 Å². The zero-order valence-electron chi connectivity index (χ0n) is 56.3.